The van der Waals surface area contributed by atoms with Crippen LogP contribution in [0, 0.1) is 0 Å². The minimum absolute atomic E-state index is 0.0104. The molecule has 1 atom stereocenters. The average molecular weight is 454 g/mol. The second kappa shape index (κ2) is 8.52. The number of nitrogens with zero attached hydrogens (tertiary/aromatic N) is 2. The monoisotopic (exact) mass is 453 g/mol. The number of carbonyl (C=O) groups excluding carboxylic acids is 1. The molecular formula is C20H18F3N3O2S2. The van der Waals surface area contributed by atoms with Gasteiger partial charge in [-0.15, -0.1) is 11.3 Å². The molecule has 1 aliphatic heterocycles. The molecule has 0 saturated carbocycles. The van der Waals surface area contributed by atoms with Gasteiger partial charge in [0.05, 0.1) is 23.3 Å². The van der Waals surface area contributed by atoms with Crippen molar-refractivity contribution in [1.82, 2.24) is 15.3 Å². The van der Waals surface area contributed by atoms with E-state index in [2.05, 4.69) is 15.3 Å². The number of fused-ring (bicyclic) bond motifs is 1. The van der Waals surface area contributed by atoms with Crippen LogP contribution in [0.4, 0.5) is 13.2 Å². The third kappa shape index (κ3) is 4.45. The molecule has 3 aromatic rings. The van der Waals surface area contributed by atoms with Gasteiger partial charge in [-0.3, -0.25) is 4.79 Å². The topological polar surface area (TPSA) is 64.1 Å². The number of ether oxygens (including phenoxy) is 1. The highest BCUT2D eigenvalue weighted by atomic mass is 32.2. The van der Waals surface area contributed by atoms with E-state index >= 15 is 0 Å². The van der Waals surface area contributed by atoms with Crippen LogP contribution in [0.2, 0.25) is 0 Å². The number of nitrogens with one attached hydrogen (secondary N) is 1. The molecule has 30 heavy (non-hydrogen) atoms. The Labute approximate surface area is 179 Å². The zero-order valence-electron chi connectivity index (χ0n) is 16.0. The van der Waals surface area contributed by atoms with Gasteiger partial charge >= 0.3 is 6.18 Å². The fraction of sp³-hybridized carbons (Fsp3) is 0.350. The fourth-order valence-electron chi connectivity index (χ4n) is 3.27. The number of halogens is 3. The summed E-state index contributed by atoms with van der Waals surface area (Å²) >= 11 is 2.44. The van der Waals surface area contributed by atoms with Crippen molar-refractivity contribution in [3.05, 3.63) is 45.9 Å². The van der Waals surface area contributed by atoms with Crippen molar-refractivity contribution >= 4 is 39.8 Å². The molecule has 4 rings (SSSR count). The molecule has 1 aromatic carbocycles. The van der Waals surface area contributed by atoms with Crippen molar-refractivity contribution in [3.8, 4) is 5.75 Å². The summed E-state index contributed by atoms with van der Waals surface area (Å²) in [7, 11) is 1.47. The lowest BCUT2D eigenvalue weighted by Crippen LogP contribution is -2.12. The Balaban J connectivity index is 1.58. The summed E-state index contributed by atoms with van der Waals surface area (Å²) in [5.74, 6) is -0.472. The van der Waals surface area contributed by atoms with Gasteiger partial charge in [0.15, 0.2) is 5.78 Å². The van der Waals surface area contributed by atoms with Crippen LogP contribution in [0.5, 0.6) is 5.75 Å². The molecule has 1 N–H and O–H groups in total. The lowest BCUT2D eigenvalue weighted by molar-refractivity contribution is -0.145. The van der Waals surface area contributed by atoms with E-state index in [1.54, 1.807) is 18.2 Å². The Kier molecular flexibility index (Phi) is 5.99. The molecule has 158 valence electrons. The highest BCUT2D eigenvalue weighted by Gasteiger charge is 2.35. The number of hydrogen-bond acceptors (Lipinski definition) is 7. The average Bonchev–Trinajstić information content (AvgIpc) is 3.42. The number of aromatic nitrogens is 2. The van der Waals surface area contributed by atoms with Crippen molar-refractivity contribution in [2.75, 3.05) is 26.0 Å². The number of carbonyl (C=O) groups is 1. The smallest absolute Gasteiger partial charge is 0.451 e. The van der Waals surface area contributed by atoms with E-state index < -0.39 is 12.0 Å². The second-order valence-electron chi connectivity index (χ2n) is 6.84. The lowest BCUT2D eigenvalue weighted by atomic mass is 10.1. The van der Waals surface area contributed by atoms with Gasteiger partial charge in [-0.25, -0.2) is 9.97 Å². The molecule has 0 aliphatic carbocycles. The number of thiophene rings is 1. The van der Waals surface area contributed by atoms with Crippen LogP contribution in [0.1, 0.15) is 32.7 Å². The first-order valence-electron chi connectivity index (χ1n) is 9.24. The predicted molar refractivity (Wildman–Crippen MR) is 111 cm³/mol. The maximum Gasteiger partial charge on any atom is 0.451 e. The van der Waals surface area contributed by atoms with Crippen LogP contribution >= 0.6 is 23.1 Å². The summed E-state index contributed by atoms with van der Waals surface area (Å²) in [5.41, 5.74) is 0.153. The van der Waals surface area contributed by atoms with E-state index in [9.17, 15) is 18.0 Å². The molecule has 1 unspecified atom stereocenters. The van der Waals surface area contributed by atoms with Gasteiger partial charge < -0.3 is 10.1 Å². The van der Waals surface area contributed by atoms with Gasteiger partial charge in [0, 0.05) is 22.7 Å². The maximum atomic E-state index is 13.2. The SMILES string of the molecule is COc1ccc2nc(C(F)(F)F)nc(SCC(=O)c3ccc(C4CCNC4)s3)c2c1. The molecule has 1 fully saturated rings. The summed E-state index contributed by atoms with van der Waals surface area (Å²) in [5, 5.41) is 3.83. The van der Waals surface area contributed by atoms with E-state index in [4.69, 9.17) is 4.74 Å². The molecule has 0 spiro atoms. The Morgan fingerprint density at radius 1 is 1.30 bits per heavy atom. The first-order valence-corrected chi connectivity index (χ1v) is 11.0. The lowest BCUT2D eigenvalue weighted by Gasteiger charge is -2.11. The summed E-state index contributed by atoms with van der Waals surface area (Å²) in [4.78, 5) is 21.8. The Hall–Kier alpha value is -2.17. The summed E-state index contributed by atoms with van der Waals surface area (Å²) in [6, 6.07) is 8.34. The molecule has 0 amide bonds. The molecule has 0 bridgehead atoms. The third-order valence-corrected chi connectivity index (χ3v) is 7.11. The van der Waals surface area contributed by atoms with Crippen LogP contribution in [0.15, 0.2) is 35.4 Å². The summed E-state index contributed by atoms with van der Waals surface area (Å²) < 4.78 is 44.8. The van der Waals surface area contributed by atoms with Crippen LogP contribution in [-0.4, -0.2) is 41.7 Å². The van der Waals surface area contributed by atoms with Gasteiger partial charge in [-0.05, 0) is 43.3 Å². The van der Waals surface area contributed by atoms with Gasteiger partial charge in [0.25, 0.3) is 0 Å². The summed E-state index contributed by atoms with van der Waals surface area (Å²) in [6.45, 7) is 1.87. The van der Waals surface area contributed by atoms with E-state index in [0.717, 1.165) is 36.1 Å². The predicted octanol–water partition coefficient (Wildman–Crippen LogP) is 4.77. The first kappa shape index (κ1) is 21.1. The summed E-state index contributed by atoms with van der Waals surface area (Å²) in [6.07, 6.45) is -3.64. The van der Waals surface area contributed by atoms with Crippen LogP contribution < -0.4 is 10.1 Å². The maximum absolute atomic E-state index is 13.2. The molecule has 0 radical (unpaired) electrons. The molecular weight excluding hydrogens is 435 g/mol. The van der Waals surface area contributed by atoms with E-state index in [-0.39, 0.29) is 22.1 Å². The Bertz CT molecular complexity index is 1080. The number of thioether (sulfide) groups is 1. The standard InChI is InChI=1S/C20H18F3N3O2S2/c1-28-12-2-3-14-13(8-12)18(26-19(25-14)20(21,22)23)29-10-15(27)17-5-4-16(30-17)11-6-7-24-9-11/h2-5,8,11,24H,6-7,9-10H2,1H3. The first-order chi connectivity index (χ1) is 14.3. The van der Waals surface area contributed by atoms with E-state index in [1.165, 1.54) is 24.5 Å². The van der Waals surface area contributed by atoms with Gasteiger partial charge in [-0.2, -0.15) is 13.2 Å². The number of ketones is 1. The van der Waals surface area contributed by atoms with Crippen molar-refractivity contribution in [2.45, 2.75) is 23.5 Å². The number of alkyl halides is 3. The minimum Gasteiger partial charge on any atom is -0.497 e. The number of Topliss-reactive ketones (excluding diaryl/α,β-unsaturated/α-hetero) is 1. The molecule has 2 aromatic heterocycles. The quantitative estimate of drug-likeness (QED) is 0.330. The van der Waals surface area contributed by atoms with E-state index in [1.807, 2.05) is 6.07 Å². The third-order valence-electron chi connectivity index (χ3n) is 4.83. The minimum atomic E-state index is -4.68. The largest absolute Gasteiger partial charge is 0.497 e. The Morgan fingerprint density at radius 2 is 2.13 bits per heavy atom. The highest BCUT2D eigenvalue weighted by Crippen LogP contribution is 2.35. The van der Waals surface area contributed by atoms with Crippen molar-refractivity contribution in [3.63, 3.8) is 0 Å². The number of hydrogen-bond donors (Lipinski definition) is 1. The highest BCUT2D eigenvalue weighted by molar-refractivity contribution is 8.00. The normalized spacial score (nSPS) is 16.9. The second-order valence-corrected chi connectivity index (χ2v) is 8.92. The van der Waals surface area contributed by atoms with Crippen molar-refractivity contribution in [2.24, 2.45) is 0 Å². The zero-order chi connectivity index (χ0) is 21.3. The van der Waals surface area contributed by atoms with Gasteiger partial charge in [0.1, 0.15) is 10.8 Å². The molecule has 3 heterocycles. The molecule has 5 nitrogen and oxygen atoms in total. The molecule has 1 aliphatic rings. The van der Waals surface area contributed by atoms with Crippen LogP contribution in [0.25, 0.3) is 10.9 Å². The van der Waals surface area contributed by atoms with Crippen molar-refractivity contribution < 1.29 is 22.7 Å². The number of methoxy groups -OCH3 is 1. The number of benzene rings is 1. The Morgan fingerprint density at radius 3 is 2.83 bits per heavy atom. The van der Waals surface area contributed by atoms with Gasteiger partial charge in [0.2, 0.25) is 5.82 Å². The van der Waals surface area contributed by atoms with Gasteiger partial charge in [-0.1, -0.05) is 11.8 Å². The number of rotatable bonds is 6. The molecule has 1 saturated heterocycles. The van der Waals surface area contributed by atoms with Crippen LogP contribution in [-0.2, 0) is 6.18 Å². The van der Waals surface area contributed by atoms with E-state index in [0.29, 0.717) is 21.9 Å². The van der Waals surface area contributed by atoms with Crippen LogP contribution in [0.3, 0.4) is 0 Å². The van der Waals surface area contributed by atoms with Crippen molar-refractivity contribution in [1.29, 1.82) is 0 Å². The zero-order valence-corrected chi connectivity index (χ0v) is 17.6. The fourth-order valence-corrected chi connectivity index (χ4v) is 5.33. The molecule has 10 heteroatoms.